The molecule has 14 heavy (non-hydrogen) atoms. The Kier molecular flexibility index (Phi) is 4.41. The summed E-state index contributed by atoms with van der Waals surface area (Å²) in [7, 11) is 0. The molecule has 0 aliphatic rings. The predicted octanol–water partition coefficient (Wildman–Crippen LogP) is 3.03. The fraction of sp³-hybridized carbons (Fsp3) is 0.385. The summed E-state index contributed by atoms with van der Waals surface area (Å²) in [5.41, 5.74) is 2.42. The Morgan fingerprint density at radius 1 is 1.36 bits per heavy atom. The van der Waals surface area contributed by atoms with Gasteiger partial charge in [-0.25, -0.2) is 0 Å². The summed E-state index contributed by atoms with van der Waals surface area (Å²) in [6, 6.07) is 8.31. The number of aliphatic hydroxyl groups is 1. The van der Waals surface area contributed by atoms with Crippen LogP contribution in [-0.2, 0) is 6.42 Å². The van der Waals surface area contributed by atoms with Gasteiger partial charge in [0.25, 0.3) is 0 Å². The van der Waals surface area contributed by atoms with Gasteiger partial charge < -0.3 is 5.11 Å². The van der Waals surface area contributed by atoms with Crippen LogP contribution in [0.5, 0.6) is 0 Å². The van der Waals surface area contributed by atoms with Crippen molar-refractivity contribution in [2.45, 2.75) is 32.3 Å². The van der Waals surface area contributed by atoms with Gasteiger partial charge in [0, 0.05) is 0 Å². The molecule has 0 saturated carbocycles. The van der Waals surface area contributed by atoms with Gasteiger partial charge in [0.2, 0.25) is 0 Å². The zero-order valence-electron chi connectivity index (χ0n) is 8.74. The lowest BCUT2D eigenvalue weighted by molar-refractivity contribution is 0.160. The average molecular weight is 190 g/mol. The molecule has 0 fully saturated rings. The second kappa shape index (κ2) is 5.61. The molecule has 0 radical (unpaired) electrons. The Balaban J connectivity index is 2.47. The molecule has 0 bridgehead atoms. The highest BCUT2D eigenvalue weighted by atomic mass is 16.3. The van der Waals surface area contributed by atoms with E-state index in [-0.39, 0.29) is 6.10 Å². The van der Waals surface area contributed by atoms with Crippen molar-refractivity contribution in [3.05, 3.63) is 42.0 Å². The third kappa shape index (κ3) is 3.35. The Morgan fingerprint density at radius 3 is 2.50 bits per heavy atom. The molecule has 0 aliphatic carbocycles. The number of aryl methyl sites for hydroxylation is 1. The molecule has 0 unspecified atom stereocenters. The lowest BCUT2D eigenvalue weighted by Crippen LogP contribution is -2.05. The van der Waals surface area contributed by atoms with Crippen molar-refractivity contribution in [2.24, 2.45) is 0 Å². The van der Waals surface area contributed by atoms with E-state index in [1.165, 1.54) is 5.56 Å². The molecule has 0 spiro atoms. The van der Waals surface area contributed by atoms with Crippen LogP contribution in [0.3, 0.4) is 0 Å². The summed E-state index contributed by atoms with van der Waals surface area (Å²) >= 11 is 0. The topological polar surface area (TPSA) is 20.2 Å². The second-order valence-corrected chi connectivity index (χ2v) is 3.55. The molecule has 1 N–H and O–H groups in total. The van der Waals surface area contributed by atoms with E-state index in [0.29, 0.717) is 0 Å². The molecular weight excluding hydrogens is 172 g/mol. The first-order valence-electron chi connectivity index (χ1n) is 5.15. The minimum absolute atomic E-state index is 0.158. The van der Waals surface area contributed by atoms with Gasteiger partial charge in [0.15, 0.2) is 0 Å². The summed E-state index contributed by atoms with van der Waals surface area (Å²) in [6.07, 6.45) is 4.32. The van der Waals surface area contributed by atoms with Crippen LogP contribution in [0.4, 0.5) is 0 Å². The first-order chi connectivity index (χ1) is 6.76. The van der Waals surface area contributed by atoms with Crippen LogP contribution in [0.15, 0.2) is 30.8 Å². The third-order valence-corrected chi connectivity index (χ3v) is 2.45. The quantitative estimate of drug-likeness (QED) is 0.756. The molecule has 0 saturated heterocycles. The molecule has 0 aromatic heterocycles. The zero-order chi connectivity index (χ0) is 10.4. The average Bonchev–Trinajstić information content (AvgIpc) is 2.26. The van der Waals surface area contributed by atoms with Crippen molar-refractivity contribution in [1.29, 1.82) is 0 Å². The van der Waals surface area contributed by atoms with Crippen LogP contribution >= 0.6 is 0 Å². The number of rotatable bonds is 5. The normalized spacial score (nSPS) is 12.4. The minimum Gasteiger partial charge on any atom is -0.393 e. The molecule has 1 heteroatoms. The molecule has 1 nitrogen and oxygen atoms in total. The van der Waals surface area contributed by atoms with E-state index < -0.39 is 0 Å². The minimum atomic E-state index is -0.158. The lowest BCUT2D eigenvalue weighted by Gasteiger charge is -2.07. The molecule has 1 rings (SSSR count). The van der Waals surface area contributed by atoms with Crippen molar-refractivity contribution in [3.63, 3.8) is 0 Å². The van der Waals surface area contributed by atoms with Crippen LogP contribution in [0.25, 0.3) is 6.08 Å². The molecule has 1 aromatic rings. The van der Waals surface area contributed by atoms with Crippen LogP contribution in [0.1, 0.15) is 30.9 Å². The number of hydrogen-bond acceptors (Lipinski definition) is 1. The van der Waals surface area contributed by atoms with Gasteiger partial charge in [-0.05, 0) is 30.4 Å². The largest absolute Gasteiger partial charge is 0.393 e. The van der Waals surface area contributed by atoms with Gasteiger partial charge in [-0.1, -0.05) is 43.8 Å². The maximum Gasteiger partial charge on any atom is 0.0540 e. The molecular formula is C13H18O. The molecule has 1 aromatic carbocycles. The highest BCUT2D eigenvalue weighted by molar-refractivity contribution is 5.47. The van der Waals surface area contributed by atoms with E-state index in [1.54, 1.807) is 0 Å². The van der Waals surface area contributed by atoms with Crippen LogP contribution in [0, 0.1) is 0 Å². The maximum atomic E-state index is 9.40. The smallest absolute Gasteiger partial charge is 0.0540 e. The Morgan fingerprint density at radius 2 is 2.00 bits per heavy atom. The summed E-state index contributed by atoms with van der Waals surface area (Å²) in [5, 5.41) is 9.40. The van der Waals surface area contributed by atoms with E-state index in [2.05, 4.69) is 30.8 Å². The zero-order valence-corrected chi connectivity index (χ0v) is 8.74. The highest BCUT2D eigenvalue weighted by Crippen LogP contribution is 2.09. The molecule has 0 aliphatic heterocycles. The van der Waals surface area contributed by atoms with Gasteiger partial charge in [-0.3, -0.25) is 0 Å². The van der Waals surface area contributed by atoms with Crippen LogP contribution < -0.4 is 0 Å². The van der Waals surface area contributed by atoms with Gasteiger partial charge in [0.05, 0.1) is 6.10 Å². The molecule has 76 valence electrons. The van der Waals surface area contributed by atoms with Crippen LogP contribution in [0.2, 0.25) is 0 Å². The van der Waals surface area contributed by atoms with Crippen molar-refractivity contribution < 1.29 is 5.11 Å². The number of hydrogen-bond donors (Lipinski definition) is 1. The number of aliphatic hydroxyl groups excluding tert-OH is 1. The fourth-order valence-corrected chi connectivity index (χ4v) is 1.36. The first-order valence-corrected chi connectivity index (χ1v) is 5.15. The van der Waals surface area contributed by atoms with E-state index in [1.807, 2.05) is 13.0 Å². The third-order valence-electron chi connectivity index (χ3n) is 2.45. The highest BCUT2D eigenvalue weighted by Gasteiger charge is 2.00. The lowest BCUT2D eigenvalue weighted by atomic mass is 10.0. The Hall–Kier alpha value is -1.08. The first kappa shape index (κ1) is 11.0. The van der Waals surface area contributed by atoms with Gasteiger partial charge in [-0.15, -0.1) is 0 Å². The summed E-state index contributed by atoms with van der Waals surface area (Å²) < 4.78 is 0. The second-order valence-electron chi connectivity index (χ2n) is 3.55. The van der Waals surface area contributed by atoms with Gasteiger partial charge >= 0.3 is 0 Å². The summed E-state index contributed by atoms with van der Waals surface area (Å²) in [4.78, 5) is 0. The van der Waals surface area contributed by atoms with Crippen molar-refractivity contribution in [2.75, 3.05) is 0 Å². The predicted molar refractivity (Wildman–Crippen MR) is 61.2 cm³/mol. The van der Waals surface area contributed by atoms with Crippen LogP contribution in [-0.4, -0.2) is 11.2 Å². The maximum absolute atomic E-state index is 9.40. The summed E-state index contributed by atoms with van der Waals surface area (Å²) in [6.45, 7) is 5.71. The fourth-order valence-electron chi connectivity index (χ4n) is 1.36. The van der Waals surface area contributed by atoms with E-state index in [4.69, 9.17) is 0 Å². The molecule has 0 heterocycles. The number of benzene rings is 1. The van der Waals surface area contributed by atoms with Crippen molar-refractivity contribution in [3.8, 4) is 0 Å². The Labute approximate surface area is 86.1 Å². The van der Waals surface area contributed by atoms with Gasteiger partial charge in [0.1, 0.15) is 0 Å². The SMILES string of the molecule is C=Cc1ccc(CC[C@H](O)CC)cc1. The van der Waals surface area contributed by atoms with E-state index >= 15 is 0 Å². The summed E-state index contributed by atoms with van der Waals surface area (Å²) in [5.74, 6) is 0. The monoisotopic (exact) mass is 190 g/mol. The standard InChI is InChI=1S/C13H18O/c1-3-11-5-7-12(8-6-11)9-10-13(14)4-2/h3,5-8,13-14H,1,4,9-10H2,2H3/t13-/m1/s1. The Bertz CT molecular complexity index is 274. The molecule has 1 atom stereocenters. The van der Waals surface area contributed by atoms with E-state index in [9.17, 15) is 5.11 Å². The molecule has 0 amide bonds. The van der Waals surface area contributed by atoms with Crippen molar-refractivity contribution in [1.82, 2.24) is 0 Å². The van der Waals surface area contributed by atoms with Crippen molar-refractivity contribution >= 4 is 6.08 Å². The van der Waals surface area contributed by atoms with Gasteiger partial charge in [-0.2, -0.15) is 0 Å². The van der Waals surface area contributed by atoms with E-state index in [0.717, 1.165) is 24.8 Å².